The van der Waals surface area contributed by atoms with Crippen molar-refractivity contribution in [3.8, 4) is 0 Å². The molecule has 82 valence electrons. The van der Waals surface area contributed by atoms with E-state index in [0.29, 0.717) is 0 Å². The molecule has 0 radical (unpaired) electrons. The third kappa shape index (κ3) is 2.52. The zero-order chi connectivity index (χ0) is 11.6. The van der Waals surface area contributed by atoms with Crippen LogP contribution < -0.4 is 11.5 Å². The number of nitrogens with two attached hydrogens (primary N) is 2. The molecule has 1 aromatic heterocycles. The number of carboxylic acid groups (broad SMARTS) is 1. The normalized spacial score (nSPS) is 10.6. The maximum absolute atomic E-state index is 12.2. The lowest BCUT2D eigenvalue weighted by Crippen LogP contribution is -2.10. The van der Waals surface area contributed by atoms with Crippen LogP contribution in [0.5, 0.6) is 0 Å². The van der Waals surface area contributed by atoms with Gasteiger partial charge in [0, 0.05) is 11.3 Å². The number of aromatic nitrogens is 1. The first-order valence-electron chi connectivity index (χ1n) is 3.96. The molecule has 0 atom stereocenters. The number of nitrogens with zero attached hydrogens (tertiary/aromatic N) is 1. The van der Waals surface area contributed by atoms with Crippen molar-refractivity contribution in [3.63, 3.8) is 0 Å². The van der Waals surface area contributed by atoms with E-state index in [1.54, 1.807) is 0 Å². The number of hydrogen-bond acceptors (Lipinski definition) is 4. The molecule has 5 N–H and O–H groups in total. The van der Waals surface area contributed by atoms with E-state index < -0.39 is 24.5 Å². The van der Waals surface area contributed by atoms with Gasteiger partial charge in [0.05, 0.1) is 6.42 Å². The minimum Gasteiger partial charge on any atom is -0.481 e. The summed E-state index contributed by atoms with van der Waals surface area (Å²) >= 11 is 0. The van der Waals surface area contributed by atoms with Crippen LogP contribution in [0.2, 0.25) is 0 Å². The zero-order valence-corrected chi connectivity index (χ0v) is 7.58. The van der Waals surface area contributed by atoms with Crippen LogP contribution in [0.25, 0.3) is 0 Å². The first-order chi connectivity index (χ1) is 6.91. The molecule has 1 rings (SSSR count). The summed E-state index contributed by atoms with van der Waals surface area (Å²) in [4.78, 5) is 13.8. The zero-order valence-electron chi connectivity index (χ0n) is 7.58. The lowest BCUT2D eigenvalue weighted by atomic mass is 10.1. The minimum absolute atomic E-state index is 0.0619. The highest BCUT2D eigenvalue weighted by molar-refractivity contribution is 5.76. The first kappa shape index (κ1) is 11.2. The van der Waals surface area contributed by atoms with Crippen LogP contribution in [0.15, 0.2) is 6.07 Å². The lowest BCUT2D eigenvalue weighted by Gasteiger charge is -2.08. The third-order valence-corrected chi connectivity index (χ3v) is 1.76. The lowest BCUT2D eigenvalue weighted by molar-refractivity contribution is -0.136. The number of anilines is 2. The van der Waals surface area contributed by atoms with E-state index in [-0.39, 0.29) is 17.1 Å². The average molecular weight is 217 g/mol. The van der Waals surface area contributed by atoms with Gasteiger partial charge in [-0.05, 0) is 6.07 Å². The summed E-state index contributed by atoms with van der Waals surface area (Å²) in [6.07, 6.45) is -3.22. The fourth-order valence-electron chi connectivity index (χ4n) is 1.09. The molecule has 0 aliphatic carbocycles. The quantitative estimate of drug-likeness (QED) is 0.695. The van der Waals surface area contributed by atoms with Gasteiger partial charge in [-0.3, -0.25) is 4.79 Å². The molecule has 15 heavy (non-hydrogen) atoms. The largest absolute Gasteiger partial charge is 0.481 e. The van der Waals surface area contributed by atoms with Crippen LogP contribution in [-0.4, -0.2) is 16.1 Å². The van der Waals surface area contributed by atoms with Crippen molar-refractivity contribution in [3.05, 3.63) is 17.3 Å². The molecule has 0 fully saturated rings. The van der Waals surface area contributed by atoms with Crippen LogP contribution in [0.4, 0.5) is 20.3 Å². The standard InChI is InChI=1S/C8H9F2N3O2/c9-7(10)5-2-4(11)3(1-6(14)15)8(12)13-5/h2,7H,1H2,(H,14,15)(H4,11,12,13). The highest BCUT2D eigenvalue weighted by Crippen LogP contribution is 2.25. The first-order valence-corrected chi connectivity index (χ1v) is 3.96. The molecule has 0 bridgehead atoms. The minimum atomic E-state index is -2.78. The van der Waals surface area contributed by atoms with Gasteiger partial charge in [-0.25, -0.2) is 13.8 Å². The summed E-state index contributed by atoms with van der Waals surface area (Å²) in [6, 6.07) is 0.930. The number of carbonyl (C=O) groups is 1. The van der Waals surface area contributed by atoms with Gasteiger partial charge in [0.25, 0.3) is 6.43 Å². The molecule has 7 heteroatoms. The van der Waals surface area contributed by atoms with Crippen LogP contribution in [0.1, 0.15) is 17.7 Å². The molecular formula is C8H9F2N3O2. The fraction of sp³-hybridized carbons (Fsp3) is 0.250. The van der Waals surface area contributed by atoms with E-state index in [4.69, 9.17) is 16.6 Å². The van der Waals surface area contributed by atoms with E-state index in [2.05, 4.69) is 4.98 Å². The van der Waals surface area contributed by atoms with Crippen LogP contribution >= 0.6 is 0 Å². The Balaban J connectivity index is 3.15. The molecular weight excluding hydrogens is 208 g/mol. The van der Waals surface area contributed by atoms with Crippen molar-refractivity contribution >= 4 is 17.5 Å². The molecule has 0 aromatic carbocycles. The van der Waals surface area contributed by atoms with Gasteiger partial charge in [0.1, 0.15) is 11.5 Å². The number of nitrogen functional groups attached to an aromatic ring is 2. The summed E-state index contributed by atoms with van der Waals surface area (Å²) in [6.45, 7) is 0. The number of alkyl halides is 2. The SMILES string of the molecule is Nc1cc(C(F)F)nc(N)c1CC(=O)O. The Morgan fingerprint density at radius 3 is 2.53 bits per heavy atom. The average Bonchev–Trinajstić information content (AvgIpc) is 2.10. The van der Waals surface area contributed by atoms with E-state index >= 15 is 0 Å². The van der Waals surface area contributed by atoms with Crippen molar-refractivity contribution in [1.29, 1.82) is 0 Å². The third-order valence-electron chi connectivity index (χ3n) is 1.76. The number of aliphatic carboxylic acids is 1. The highest BCUT2D eigenvalue weighted by Gasteiger charge is 2.16. The second-order valence-corrected chi connectivity index (χ2v) is 2.87. The predicted octanol–water partition coefficient (Wildman–Crippen LogP) is 0.811. The molecule has 0 aliphatic heterocycles. The Kier molecular flexibility index (Phi) is 3.03. The van der Waals surface area contributed by atoms with Crippen molar-refractivity contribution in [2.24, 2.45) is 0 Å². The Morgan fingerprint density at radius 2 is 2.13 bits per heavy atom. The summed E-state index contributed by atoms with van der Waals surface area (Å²) in [5.74, 6) is -1.42. The second-order valence-electron chi connectivity index (χ2n) is 2.87. The Hall–Kier alpha value is -1.92. The molecule has 0 saturated carbocycles. The van der Waals surface area contributed by atoms with Gasteiger partial charge < -0.3 is 16.6 Å². The Bertz CT molecular complexity index is 372. The number of pyridine rings is 1. The van der Waals surface area contributed by atoms with Gasteiger partial charge in [-0.15, -0.1) is 0 Å². The molecule has 1 aromatic rings. The van der Waals surface area contributed by atoms with Gasteiger partial charge in [-0.2, -0.15) is 0 Å². The number of halogens is 2. The van der Waals surface area contributed by atoms with Gasteiger partial charge in [0.2, 0.25) is 0 Å². The van der Waals surface area contributed by atoms with E-state index in [9.17, 15) is 13.6 Å². The molecule has 0 saturated heterocycles. The fourth-order valence-corrected chi connectivity index (χ4v) is 1.09. The maximum atomic E-state index is 12.2. The Labute approximate surface area is 83.7 Å². The van der Waals surface area contributed by atoms with E-state index in [1.807, 2.05) is 0 Å². The molecule has 1 heterocycles. The smallest absolute Gasteiger partial charge is 0.308 e. The highest BCUT2D eigenvalue weighted by atomic mass is 19.3. The maximum Gasteiger partial charge on any atom is 0.308 e. The summed E-state index contributed by atoms with van der Waals surface area (Å²) in [5.41, 5.74) is 10.1. The topological polar surface area (TPSA) is 102 Å². The monoisotopic (exact) mass is 217 g/mol. The van der Waals surface area contributed by atoms with E-state index in [1.165, 1.54) is 0 Å². The summed E-state index contributed by atoms with van der Waals surface area (Å²) < 4.78 is 24.5. The van der Waals surface area contributed by atoms with Gasteiger partial charge >= 0.3 is 5.97 Å². The molecule has 0 amide bonds. The Morgan fingerprint density at radius 1 is 1.53 bits per heavy atom. The molecule has 0 aliphatic rings. The van der Waals surface area contributed by atoms with Gasteiger partial charge in [-0.1, -0.05) is 0 Å². The van der Waals surface area contributed by atoms with E-state index in [0.717, 1.165) is 6.07 Å². The van der Waals surface area contributed by atoms with Crippen LogP contribution in [0.3, 0.4) is 0 Å². The van der Waals surface area contributed by atoms with Gasteiger partial charge in [0.15, 0.2) is 0 Å². The van der Waals surface area contributed by atoms with Crippen molar-refractivity contribution in [2.45, 2.75) is 12.8 Å². The van der Waals surface area contributed by atoms with Crippen LogP contribution in [-0.2, 0) is 11.2 Å². The second kappa shape index (κ2) is 4.07. The number of rotatable bonds is 3. The summed E-state index contributed by atoms with van der Waals surface area (Å²) in [5, 5.41) is 8.51. The molecule has 0 spiro atoms. The summed E-state index contributed by atoms with van der Waals surface area (Å²) in [7, 11) is 0. The molecule has 5 nitrogen and oxygen atoms in total. The van der Waals surface area contributed by atoms with Crippen LogP contribution in [0, 0.1) is 0 Å². The van der Waals surface area contributed by atoms with Crippen molar-refractivity contribution < 1.29 is 18.7 Å². The van der Waals surface area contributed by atoms with Crippen molar-refractivity contribution in [1.82, 2.24) is 4.98 Å². The predicted molar refractivity (Wildman–Crippen MR) is 49.4 cm³/mol. The van der Waals surface area contributed by atoms with Crippen molar-refractivity contribution in [2.75, 3.05) is 11.5 Å². The number of carboxylic acids is 1. The number of hydrogen-bond donors (Lipinski definition) is 3. The molecule has 0 unspecified atom stereocenters.